The SMILES string of the molecule is Cc1c(C(=O)C=Cc2ccc(O)cc2O)nnn1-c1ccc(S(=O)(=O)c2ccc(-n3nnc(C(=O)C=Cc4cc(O)ccc4O)c3C)cc2)cc1. The second-order valence-electron chi connectivity index (χ2n) is 11.2. The lowest BCUT2D eigenvalue weighted by atomic mass is 10.1. The standard InChI is InChI=1S/C36H28N6O8S/c1-21-35(32(46)16-4-23-3-10-28(44)20-34(23)48)37-39-41(21)25-6-12-29(13-7-25)51(49,50)30-14-8-26(9-15-30)42-22(2)36(38-40-42)33(47)17-5-24-19-27(43)11-18-31(24)45/h3-20,43-45,48H,1-2H3. The zero-order valence-electron chi connectivity index (χ0n) is 26.9. The quantitative estimate of drug-likeness (QED) is 0.0851. The van der Waals surface area contributed by atoms with E-state index in [0.29, 0.717) is 28.3 Å². The molecule has 51 heavy (non-hydrogen) atoms. The Morgan fingerprint density at radius 3 is 1.53 bits per heavy atom. The van der Waals surface area contributed by atoms with E-state index in [-0.39, 0.29) is 49.7 Å². The first-order valence-electron chi connectivity index (χ1n) is 15.1. The number of rotatable bonds is 10. The number of aromatic nitrogens is 6. The first-order chi connectivity index (χ1) is 24.3. The molecule has 4 aromatic carbocycles. The van der Waals surface area contributed by atoms with Gasteiger partial charge in [0.05, 0.1) is 32.6 Å². The molecule has 0 unspecified atom stereocenters. The fraction of sp³-hybridized carbons (Fsp3) is 0.0556. The predicted octanol–water partition coefficient (Wildman–Crippen LogP) is 4.91. The Balaban J connectivity index is 1.16. The van der Waals surface area contributed by atoms with E-state index in [1.54, 1.807) is 13.8 Å². The molecule has 0 radical (unpaired) electrons. The van der Waals surface area contributed by atoms with Crippen molar-refractivity contribution < 1.29 is 38.4 Å². The second-order valence-corrected chi connectivity index (χ2v) is 13.2. The summed E-state index contributed by atoms with van der Waals surface area (Å²) in [6.45, 7) is 3.27. The van der Waals surface area contributed by atoms with E-state index in [1.807, 2.05) is 0 Å². The predicted molar refractivity (Wildman–Crippen MR) is 184 cm³/mol. The Hall–Kier alpha value is -6.87. The van der Waals surface area contributed by atoms with Gasteiger partial charge in [-0.15, -0.1) is 10.2 Å². The fourth-order valence-electron chi connectivity index (χ4n) is 5.11. The van der Waals surface area contributed by atoms with Crippen LogP contribution in [0.4, 0.5) is 0 Å². The van der Waals surface area contributed by atoms with Crippen molar-refractivity contribution in [2.24, 2.45) is 0 Å². The average Bonchev–Trinajstić information content (AvgIpc) is 3.70. The van der Waals surface area contributed by atoms with Gasteiger partial charge in [-0.1, -0.05) is 10.4 Å². The molecule has 14 nitrogen and oxygen atoms in total. The summed E-state index contributed by atoms with van der Waals surface area (Å²) >= 11 is 0. The molecule has 0 atom stereocenters. The van der Waals surface area contributed by atoms with E-state index in [0.717, 1.165) is 6.07 Å². The van der Waals surface area contributed by atoms with E-state index in [4.69, 9.17) is 0 Å². The van der Waals surface area contributed by atoms with Gasteiger partial charge in [0.2, 0.25) is 21.4 Å². The summed E-state index contributed by atoms with van der Waals surface area (Å²) in [5.41, 5.74) is 2.42. The van der Waals surface area contributed by atoms with Crippen LogP contribution in [0.2, 0.25) is 0 Å². The van der Waals surface area contributed by atoms with Crippen molar-refractivity contribution in [3.63, 3.8) is 0 Å². The van der Waals surface area contributed by atoms with Crippen molar-refractivity contribution in [3.8, 4) is 34.4 Å². The monoisotopic (exact) mass is 704 g/mol. The largest absolute Gasteiger partial charge is 0.508 e. The molecule has 0 aliphatic rings. The van der Waals surface area contributed by atoms with E-state index in [2.05, 4.69) is 20.6 Å². The number of ketones is 2. The van der Waals surface area contributed by atoms with Gasteiger partial charge in [-0.2, -0.15) is 0 Å². The maximum absolute atomic E-state index is 13.5. The zero-order chi connectivity index (χ0) is 36.4. The smallest absolute Gasteiger partial charge is 0.208 e. The van der Waals surface area contributed by atoms with Crippen molar-refractivity contribution in [1.82, 2.24) is 30.0 Å². The molecule has 2 heterocycles. The number of hydrogen-bond donors (Lipinski definition) is 4. The Bertz CT molecular complexity index is 2480. The molecule has 2 aromatic heterocycles. The molecular formula is C36H28N6O8S. The number of benzene rings is 4. The zero-order valence-corrected chi connectivity index (χ0v) is 27.7. The molecule has 6 rings (SSSR count). The van der Waals surface area contributed by atoms with Crippen LogP contribution in [-0.2, 0) is 9.84 Å². The van der Waals surface area contributed by atoms with Gasteiger partial charge in [0.1, 0.15) is 23.0 Å². The van der Waals surface area contributed by atoms with E-state index in [1.165, 1.54) is 113 Å². The Morgan fingerprint density at radius 1 is 0.588 bits per heavy atom. The summed E-state index contributed by atoms with van der Waals surface area (Å²) in [6.07, 6.45) is 5.16. The summed E-state index contributed by atoms with van der Waals surface area (Å²) in [5.74, 6) is -1.46. The maximum atomic E-state index is 13.5. The lowest BCUT2D eigenvalue weighted by molar-refractivity contribution is 0.103. The van der Waals surface area contributed by atoms with Gasteiger partial charge < -0.3 is 20.4 Å². The summed E-state index contributed by atoms with van der Waals surface area (Å²) in [4.78, 5) is 25.6. The van der Waals surface area contributed by atoms with Crippen molar-refractivity contribution >= 4 is 33.6 Å². The van der Waals surface area contributed by atoms with Crippen molar-refractivity contribution in [2.45, 2.75) is 23.6 Å². The number of sulfone groups is 1. The van der Waals surface area contributed by atoms with Crippen LogP contribution in [0, 0.1) is 13.8 Å². The van der Waals surface area contributed by atoms with Crippen LogP contribution in [0.1, 0.15) is 43.5 Å². The van der Waals surface area contributed by atoms with Gasteiger partial charge in [-0.3, -0.25) is 9.59 Å². The molecule has 0 spiro atoms. The van der Waals surface area contributed by atoms with Crippen LogP contribution in [-0.4, -0.2) is 70.4 Å². The van der Waals surface area contributed by atoms with E-state index in [9.17, 15) is 38.4 Å². The van der Waals surface area contributed by atoms with Gasteiger partial charge in [-0.25, -0.2) is 17.8 Å². The number of hydrogen-bond acceptors (Lipinski definition) is 12. The highest BCUT2D eigenvalue weighted by Crippen LogP contribution is 2.27. The van der Waals surface area contributed by atoms with Gasteiger partial charge in [0.25, 0.3) is 0 Å². The summed E-state index contributed by atoms with van der Waals surface area (Å²) < 4.78 is 29.7. The molecule has 0 aliphatic heterocycles. The van der Waals surface area contributed by atoms with Crippen molar-refractivity contribution in [2.75, 3.05) is 0 Å². The number of phenolic OH excluding ortho intramolecular Hbond substituents is 4. The van der Waals surface area contributed by atoms with Crippen molar-refractivity contribution in [3.05, 3.63) is 131 Å². The van der Waals surface area contributed by atoms with Crippen LogP contribution in [0.3, 0.4) is 0 Å². The van der Waals surface area contributed by atoms with Crippen LogP contribution >= 0.6 is 0 Å². The van der Waals surface area contributed by atoms with E-state index < -0.39 is 21.4 Å². The van der Waals surface area contributed by atoms with Gasteiger partial charge in [0.15, 0.2) is 11.4 Å². The molecule has 0 fully saturated rings. The summed E-state index contributed by atoms with van der Waals surface area (Å²) in [7, 11) is -3.95. The highest BCUT2D eigenvalue weighted by atomic mass is 32.2. The number of aromatic hydroxyl groups is 4. The summed E-state index contributed by atoms with van der Waals surface area (Å²) in [5, 5.41) is 55.0. The van der Waals surface area contributed by atoms with Gasteiger partial charge >= 0.3 is 0 Å². The molecule has 0 aliphatic carbocycles. The summed E-state index contributed by atoms with van der Waals surface area (Å²) in [6, 6.07) is 19.7. The first kappa shape index (κ1) is 34.0. The highest BCUT2D eigenvalue weighted by molar-refractivity contribution is 7.91. The van der Waals surface area contributed by atoms with Crippen LogP contribution < -0.4 is 0 Å². The van der Waals surface area contributed by atoms with E-state index >= 15 is 0 Å². The molecule has 0 bridgehead atoms. The number of nitrogens with zero attached hydrogens (tertiary/aromatic N) is 6. The minimum absolute atomic E-state index is 0.0122. The first-order valence-corrected chi connectivity index (χ1v) is 16.6. The Kier molecular flexibility index (Phi) is 9.04. The molecule has 0 saturated heterocycles. The minimum Gasteiger partial charge on any atom is -0.508 e. The lowest BCUT2D eigenvalue weighted by Gasteiger charge is -2.09. The van der Waals surface area contributed by atoms with Gasteiger partial charge in [-0.05, 0) is 117 Å². The Labute approximate surface area is 290 Å². The lowest BCUT2D eigenvalue weighted by Crippen LogP contribution is -2.05. The number of carbonyl (C=O) groups is 2. The highest BCUT2D eigenvalue weighted by Gasteiger charge is 2.21. The van der Waals surface area contributed by atoms with Crippen LogP contribution in [0.5, 0.6) is 23.0 Å². The normalized spacial score (nSPS) is 11.8. The average molecular weight is 705 g/mol. The second kappa shape index (κ2) is 13.6. The molecular weight excluding hydrogens is 676 g/mol. The maximum Gasteiger partial charge on any atom is 0.208 e. The number of phenols is 4. The number of allylic oxidation sites excluding steroid dienone is 2. The molecule has 4 N–H and O–H groups in total. The molecule has 6 aromatic rings. The minimum atomic E-state index is -3.95. The topological polar surface area (TPSA) is 211 Å². The third-order valence-corrected chi connectivity index (χ3v) is 9.68. The molecule has 256 valence electrons. The Morgan fingerprint density at radius 2 is 1.04 bits per heavy atom. The van der Waals surface area contributed by atoms with Crippen LogP contribution in [0.15, 0.2) is 107 Å². The molecule has 0 amide bonds. The third-order valence-electron chi connectivity index (χ3n) is 7.89. The van der Waals surface area contributed by atoms with Crippen LogP contribution in [0.25, 0.3) is 23.5 Å². The fourth-order valence-corrected chi connectivity index (χ4v) is 6.37. The molecule has 0 saturated carbocycles. The van der Waals surface area contributed by atoms with Gasteiger partial charge in [0, 0.05) is 17.2 Å². The van der Waals surface area contributed by atoms with Crippen molar-refractivity contribution in [1.29, 1.82) is 0 Å². The number of carbonyl (C=O) groups excluding carboxylic acids is 2. The molecule has 15 heteroatoms. The third kappa shape index (κ3) is 6.86.